The van der Waals surface area contributed by atoms with E-state index in [1.807, 2.05) is 36.4 Å². The zero-order valence-corrected chi connectivity index (χ0v) is 27.0. The molecule has 3 heterocycles. The van der Waals surface area contributed by atoms with Crippen molar-refractivity contribution in [2.75, 3.05) is 68.8 Å². The first-order valence-electron chi connectivity index (χ1n) is 15.7. The molecule has 1 N–H and O–H groups in total. The smallest absolute Gasteiger partial charge is 0.229 e. The molecule has 0 radical (unpaired) electrons. The van der Waals surface area contributed by atoms with Gasteiger partial charge in [-0.05, 0) is 80.3 Å². The Balaban J connectivity index is 1.23. The van der Waals surface area contributed by atoms with E-state index in [2.05, 4.69) is 26.9 Å². The van der Waals surface area contributed by atoms with E-state index in [4.69, 9.17) is 40.5 Å². The van der Waals surface area contributed by atoms with Gasteiger partial charge in [0.1, 0.15) is 19.0 Å². The van der Waals surface area contributed by atoms with E-state index >= 15 is 0 Å². The van der Waals surface area contributed by atoms with Crippen molar-refractivity contribution in [3.8, 4) is 23.0 Å². The fraction of sp³-hybridized carbons (Fsp3) is 0.441. The van der Waals surface area contributed by atoms with Gasteiger partial charge in [0.2, 0.25) is 5.95 Å². The normalized spacial score (nSPS) is 15.2. The van der Waals surface area contributed by atoms with Crippen molar-refractivity contribution in [1.82, 2.24) is 9.97 Å². The van der Waals surface area contributed by atoms with Crippen LogP contribution in [0.1, 0.15) is 49.7 Å². The number of hydrazone groups is 1. The number of hydrogen-bond donors (Lipinski definition) is 1. The van der Waals surface area contributed by atoms with Gasteiger partial charge in [-0.2, -0.15) is 15.1 Å². The lowest BCUT2D eigenvalue weighted by atomic mass is 10.1. The number of rotatable bonds is 14. The Morgan fingerprint density at radius 3 is 2.27 bits per heavy atom. The molecule has 0 unspecified atom stereocenters. The van der Waals surface area contributed by atoms with Crippen molar-refractivity contribution < 1.29 is 18.9 Å². The number of allylic oxidation sites excluding steroid dienone is 1. The van der Waals surface area contributed by atoms with Gasteiger partial charge < -0.3 is 28.7 Å². The maximum absolute atomic E-state index is 6.63. The van der Waals surface area contributed by atoms with Crippen LogP contribution in [0.15, 0.2) is 54.2 Å². The molecule has 11 heteroatoms. The number of anilines is 3. The Bertz CT molecular complexity index is 1420. The molecule has 0 bridgehead atoms. The molecule has 0 amide bonds. The summed E-state index contributed by atoms with van der Waals surface area (Å²) in [5, 5.41) is 4.89. The van der Waals surface area contributed by atoms with Gasteiger partial charge >= 0.3 is 0 Å². The molecular weight excluding hydrogens is 592 g/mol. The minimum Gasteiger partial charge on any atom is -0.493 e. The summed E-state index contributed by atoms with van der Waals surface area (Å²) in [4.78, 5) is 14.4. The number of nitrogens with one attached hydrogen (secondary N) is 1. The summed E-state index contributed by atoms with van der Waals surface area (Å²) in [7, 11) is 3.20. The van der Waals surface area contributed by atoms with E-state index in [9.17, 15) is 0 Å². The zero-order chi connectivity index (χ0) is 31.4. The summed E-state index contributed by atoms with van der Waals surface area (Å²) in [5.74, 6) is 4.60. The van der Waals surface area contributed by atoms with E-state index < -0.39 is 0 Å². The predicted octanol–water partition coefficient (Wildman–Crippen LogP) is 6.76. The molecule has 2 saturated heterocycles. The van der Waals surface area contributed by atoms with Crippen LogP contribution in [0, 0.1) is 0 Å². The fourth-order valence-corrected chi connectivity index (χ4v) is 5.82. The zero-order valence-electron chi connectivity index (χ0n) is 26.3. The summed E-state index contributed by atoms with van der Waals surface area (Å²) < 4.78 is 22.9. The highest BCUT2D eigenvalue weighted by Gasteiger charge is 2.19. The van der Waals surface area contributed by atoms with E-state index in [0.717, 1.165) is 68.3 Å². The van der Waals surface area contributed by atoms with Gasteiger partial charge in [0.15, 0.2) is 28.8 Å². The average molecular weight is 635 g/mol. The van der Waals surface area contributed by atoms with Crippen LogP contribution in [0.4, 0.5) is 17.6 Å². The highest BCUT2D eigenvalue weighted by molar-refractivity contribution is 6.32. The number of halogens is 1. The molecule has 240 valence electrons. The van der Waals surface area contributed by atoms with Crippen LogP contribution >= 0.6 is 11.6 Å². The predicted molar refractivity (Wildman–Crippen MR) is 181 cm³/mol. The first-order chi connectivity index (χ1) is 22.1. The standard InChI is InChI=1S/C34H43ClN6O4/c1-4-11-25-12-13-28(29(21-25)42-2)44-18-19-45-33-27(35)20-26(22-30(33)43-3)24-36-39-31-23-32(40-14-7-5-8-15-40)38-34(37-31)41-16-9-6-10-17-41/h4,12-13,20-24H,1,5-11,14-19H2,2-3H3,(H,37,38,39)/b36-24-. The third-order valence-corrected chi connectivity index (χ3v) is 8.14. The molecule has 3 aromatic rings. The van der Waals surface area contributed by atoms with Crippen LogP contribution in [0.5, 0.6) is 23.0 Å². The van der Waals surface area contributed by atoms with Gasteiger partial charge in [-0.15, -0.1) is 6.58 Å². The average Bonchev–Trinajstić information content (AvgIpc) is 3.08. The van der Waals surface area contributed by atoms with Crippen LogP contribution in [-0.4, -0.2) is 69.8 Å². The molecular formula is C34H43ClN6O4. The number of piperidine rings is 2. The van der Waals surface area contributed by atoms with Crippen LogP contribution in [0.3, 0.4) is 0 Å². The van der Waals surface area contributed by atoms with Crippen LogP contribution in [0.25, 0.3) is 0 Å². The van der Waals surface area contributed by atoms with Crippen LogP contribution < -0.4 is 34.2 Å². The van der Waals surface area contributed by atoms with Crippen LogP contribution in [-0.2, 0) is 6.42 Å². The summed E-state index contributed by atoms with van der Waals surface area (Å²) in [5.41, 5.74) is 4.97. The van der Waals surface area contributed by atoms with Gasteiger partial charge in [0, 0.05) is 32.2 Å². The van der Waals surface area contributed by atoms with Crippen LogP contribution in [0.2, 0.25) is 5.02 Å². The quantitative estimate of drug-likeness (QED) is 0.0893. The van der Waals surface area contributed by atoms with Gasteiger partial charge in [-0.3, -0.25) is 5.43 Å². The number of methoxy groups -OCH3 is 2. The highest BCUT2D eigenvalue weighted by atomic mass is 35.5. The van der Waals surface area contributed by atoms with Crippen molar-refractivity contribution in [3.05, 3.63) is 65.2 Å². The summed E-state index contributed by atoms with van der Waals surface area (Å²) in [6, 6.07) is 11.4. The molecule has 2 aliphatic rings. The van der Waals surface area contributed by atoms with E-state index in [0.29, 0.717) is 40.4 Å². The third-order valence-electron chi connectivity index (χ3n) is 7.86. The molecule has 2 fully saturated rings. The van der Waals surface area contributed by atoms with Crippen molar-refractivity contribution in [2.24, 2.45) is 5.10 Å². The van der Waals surface area contributed by atoms with Crippen molar-refractivity contribution in [2.45, 2.75) is 44.9 Å². The van der Waals surface area contributed by atoms with Gasteiger partial charge in [-0.25, -0.2) is 0 Å². The Hall–Kier alpha value is -4.18. The lowest BCUT2D eigenvalue weighted by Crippen LogP contribution is -2.33. The minimum absolute atomic E-state index is 0.259. The summed E-state index contributed by atoms with van der Waals surface area (Å²) in [6.07, 6.45) is 11.5. The SMILES string of the molecule is C=CCc1ccc(OCCOc2c(Cl)cc(/C=N\Nc3cc(N4CCCCC4)nc(N4CCCCC4)n3)cc2OC)c(OC)c1. The van der Waals surface area contributed by atoms with E-state index in [1.54, 1.807) is 26.5 Å². The molecule has 2 aliphatic heterocycles. The van der Waals surface area contributed by atoms with Gasteiger partial charge in [0.25, 0.3) is 0 Å². The maximum Gasteiger partial charge on any atom is 0.229 e. The fourth-order valence-electron chi connectivity index (χ4n) is 5.55. The summed E-state index contributed by atoms with van der Waals surface area (Å²) in [6.45, 7) is 8.30. The number of benzene rings is 2. The molecule has 1 aromatic heterocycles. The first kappa shape index (κ1) is 32.2. The van der Waals surface area contributed by atoms with Gasteiger partial charge in [-0.1, -0.05) is 23.7 Å². The molecule has 0 spiro atoms. The molecule has 0 saturated carbocycles. The first-order valence-corrected chi connectivity index (χ1v) is 16.0. The number of nitrogens with zero attached hydrogens (tertiary/aromatic N) is 5. The monoisotopic (exact) mass is 634 g/mol. The van der Waals surface area contributed by atoms with Crippen molar-refractivity contribution in [1.29, 1.82) is 0 Å². The second-order valence-corrected chi connectivity index (χ2v) is 11.5. The Morgan fingerprint density at radius 2 is 1.56 bits per heavy atom. The number of hydrogen-bond acceptors (Lipinski definition) is 10. The topological polar surface area (TPSA) is 93.6 Å². The van der Waals surface area contributed by atoms with Crippen molar-refractivity contribution >= 4 is 35.4 Å². The number of aromatic nitrogens is 2. The Morgan fingerprint density at radius 1 is 0.844 bits per heavy atom. The second-order valence-electron chi connectivity index (χ2n) is 11.1. The molecule has 2 aromatic carbocycles. The Labute approximate surface area is 271 Å². The Kier molecular flexibility index (Phi) is 11.6. The van der Waals surface area contributed by atoms with E-state index in [-0.39, 0.29) is 6.61 Å². The molecule has 0 atom stereocenters. The molecule has 10 nitrogen and oxygen atoms in total. The highest BCUT2D eigenvalue weighted by Crippen LogP contribution is 2.36. The number of ether oxygens (including phenoxy) is 4. The third kappa shape index (κ3) is 8.72. The largest absolute Gasteiger partial charge is 0.493 e. The lowest BCUT2D eigenvalue weighted by Gasteiger charge is -2.31. The molecule has 45 heavy (non-hydrogen) atoms. The summed E-state index contributed by atoms with van der Waals surface area (Å²) >= 11 is 6.63. The lowest BCUT2D eigenvalue weighted by molar-refractivity contribution is 0.206. The minimum atomic E-state index is 0.259. The van der Waals surface area contributed by atoms with E-state index in [1.165, 1.54) is 25.7 Å². The van der Waals surface area contributed by atoms with Gasteiger partial charge in [0.05, 0.1) is 25.5 Å². The molecule has 0 aliphatic carbocycles. The molecule has 5 rings (SSSR count). The van der Waals surface area contributed by atoms with Crippen molar-refractivity contribution in [3.63, 3.8) is 0 Å². The second kappa shape index (κ2) is 16.2. The maximum atomic E-state index is 6.63.